The molecule has 3 heterocycles. The van der Waals surface area contributed by atoms with Crippen LogP contribution in [0.5, 0.6) is 0 Å². The van der Waals surface area contributed by atoms with Gasteiger partial charge in [-0.3, -0.25) is 9.59 Å². The average Bonchev–Trinajstić information content (AvgIpc) is 3.39. The summed E-state index contributed by atoms with van der Waals surface area (Å²) in [6.45, 7) is 6.51. The number of carbonyl (C=O) groups is 2. The second-order valence-corrected chi connectivity index (χ2v) is 13.4. The van der Waals surface area contributed by atoms with Crippen molar-refractivity contribution in [3.8, 4) is 0 Å². The lowest BCUT2D eigenvalue weighted by Gasteiger charge is -2.40. The number of amides is 2. The molecule has 0 spiro atoms. The van der Waals surface area contributed by atoms with Crippen LogP contribution in [0.15, 0.2) is 96.2 Å². The summed E-state index contributed by atoms with van der Waals surface area (Å²) in [6.07, 6.45) is 2.16. The van der Waals surface area contributed by atoms with Gasteiger partial charge < -0.3 is 14.4 Å². The van der Waals surface area contributed by atoms with E-state index in [1.165, 1.54) is 11.1 Å². The van der Waals surface area contributed by atoms with Crippen LogP contribution < -0.4 is 0 Å². The zero-order chi connectivity index (χ0) is 32.3. The minimum Gasteiger partial charge on any atom is -0.339 e. The number of piperazine rings is 1. The van der Waals surface area contributed by atoms with Gasteiger partial charge in [0.15, 0.2) is 5.65 Å². The van der Waals surface area contributed by atoms with Crippen molar-refractivity contribution in [1.29, 1.82) is 0 Å². The highest BCUT2D eigenvalue weighted by Crippen LogP contribution is 2.29. The quantitative estimate of drug-likeness (QED) is 0.123. The third-order valence-corrected chi connectivity index (χ3v) is 9.98. The Morgan fingerprint density at radius 3 is 2.51 bits per heavy atom. The zero-order valence-electron chi connectivity index (χ0n) is 26.8. The number of aryl methyl sites for hydroxylation is 1. The van der Waals surface area contributed by atoms with Crippen LogP contribution >= 0.6 is 11.8 Å². The summed E-state index contributed by atoms with van der Waals surface area (Å²) in [5.74, 6) is 0.991. The molecule has 47 heavy (non-hydrogen) atoms. The van der Waals surface area contributed by atoms with E-state index >= 15 is 0 Å². The Morgan fingerprint density at radius 1 is 0.872 bits per heavy atom. The molecule has 0 aliphatic carbocycles. The molecule has 0 N–H and O–H groups in total. The molecule has 1 atom stereocenters. The number of nitrogens with zero attached hydrogens (tertiary/aromatic N) is 6. The molecular formula is C38H38N6O2S. The molecule has 9 heteroatoms. The van der Waals surface area contributed by atoms with Crippen molar-refractivity contribution < 1.29 is 9.59 Å². The number of aromatic nitrogens is 4. The number of fused-ring (bicyclic) bond motifs is 4. The normalized spacial score (nSPS) is 15.1. The fourth-order valence-electron chi connectivity index (χ4n) is 6.66. The van der Waals surface area contributed by atoms with Crippen molar-refractivity contribution in [2.45, 2.75) is 50.9 Å². The SMILES string of the molecule is Cc1cccc(Cn2c3ccccc3c3nnc(SCCCCC(=O)N4CCN(C(=O)c5cccc6ccccc56)C(C)C4)nc32)c1. The van der Waals surface area contributed by atoms with Gasteiger partial charge in [0.05, 0.1) is 5.52 Å². The highest BCUT2D eigenvalue weighted by Gasteiger charge is 2.30. The van der Waals surface area contributed by atoms with E-state index in [0.717, 1.165) is 57.0 Å². The molecule has 0 radical (unpaired) electrons. The maximum Gasteiger partial charge on any atom is 0.254 e. The Bertz CT molecular complexity index is 2090. The molecule has 1 aliphatic rings. The van der Waals surface area contributed by atoms with E-state index in [4.69, 9.17) is 4.98 Å². The maximum atomic E-state index is 13.5. The molecule has 7 rings (SSSR count). The van der Waals surface area contributed by atoms with Crippen molar-refractivity contribution in [1.82, 2.24) is 29.5 Å². The summed E-state index contributed by atoms with van der Waals surface area (Å²) < 4.78 is 2.23. The number of thioether (sulfide) groups is 1. The second-order valence-electron chi connectivity index (χ2n) is 12.4. The molecule has 2 aromatic heterocycles. The second kappa shape index (κ2) is 13.5. The molecule has 8 nitrogen and oxygen atoms in total. The maximum absolute atomic E-state index is 13.5. The minimum absolute atomic E-state index is 0.0313. The molecule has 4 aromatic carbocycles. The van der Waals surface area contributed by atoms with E-state index < -0.39 is 0 Å². The summed E-state index contributed by atoms with van der Waals surface area (Å²) in [6, 6.07) is 30.6. The fraction of sp³-hybridized carbons (Fsp3) is 0.289. The van der Waals surface area contributed by atoms with E-state index in [-0.39, 0.29) is 17.9 Å². The van der Waals surface area contributed by atoms with Gasteiger partial charge in [0.2, 0.25) is 11.1 Å². The zero-order valence-corrected chi connectivity index (χ0v) is 27.6. The lowest BCUT2D eigenvalue weighted by molar-refractivity contribution is -0.133. The summed E-state index contributed by atoms with van der Waals surface area (Å²) in [4.78, 5) is 35.4. The first-order chi connectivity index (χ1) is 23.0. The number of carbonyl (C=O) groups excluding carboxylic acids is 2. The van der Waals surface area contributed by atoms with Gasteiger partial charge in [-0.2, -0.15) is 0 Å². The molecular weight excluding hydrogens is 605 g/mol. The Balaban J connectivity index is 0.930. The minimum atomic E-state index is -0.0456. The molecule has 6 aromatic rings. The summed E-state index contributed by atoms with van der Waals surface area (Å²) in [5.41, 5.74) is 5.92. The van der Waals surface area contributed by atoms with Crippen LogP contribution in [0, 0.1) is 6.92 Å². The van der Waals surface area contributed by atoms with Crippen LogP contribution in [0.4, 0.5) is 0 Å². The van der Waals surface area contributed by atoms with Crippen LogP contribution in [0.2, 0.25) is 0 Å². The third kappa shape index (κ3) is 6.45. The van der Waals surface area contributed by atoms with Gasteiger partial charge in [-0.25, -0.2) is 4.98 Å². The summed E-state index contributed by atoms with van der Waals surface area (Å²) >= 11 is 1.59. The monoisotopic (exact) mass is 642 g/mol. The van der Waals surface area contributed by atoms with Gasteiger partial charge in [0.1, 0.15) is 5.52 Å². The first kappa shape index (κ1) is 30.9. The van der Waals surface area contributed by atoms with Crippen molar-refractivity contribution in [2.24, 2.45) is 0 Å². The van der Waals surface area contributed by atoms with E-state index in [1.807, 2.05) is 71.3 Å². The van der Waals surface area contributed by atoms with Crippen molar-refractivity contribution in [3.63, 3.8) is 0 Å². The lowest BCUT2D eigenvalue weighted by Crippen LogP contribution is -2.55. The predicted octanol–water partition coefficient (Wildman–Crippen LogP) is 7.12. The largest absolute Gasteiger partial charge is 0.339 e. The van der Waals surface area contributed by atoms with Crippen molar-refractivity contribution >= 4 is 56.4 Å². The predicted molar refractivity (Wildman–Crippen MR) is 189 cm³/mol. The first-order valence-electron chi connectivity index (χ1n) is 16.3. The fourth-order valence-corrected chi connectivity index (χ4v) is 7.44. The Kier molecular flexibility index (Phi) is 8.89. The number of rotatable bonds is 9. The molecule has 0 bridgehead atoms. The van der Waals surface area contributed by atoms with E-state index in [2.05, 4.69) is 58.1 Å². The van der Waals surface area contributed by atoms with Gasteiger partial charge >= 0.3 is 0 Å². The van der Waals surface area contributed by atoms with Crippen molar-refractivity contribution in [3.05, 3.63) is 108 Å². The van der Waals surface area contributed by atoms with E-state index in [0.29, 0.717) is 37.8 Å². The van der Waals surface area contributed by atoms with Crippen LogP contribution in [0.1, 0.15) is 47.7 Å². The van der Waals surface area contributed by atoms with Crippen molar-refractivity contribution in [2.75, 3.05) is 25.4 Å². The Hall–Kier alpha value is -4.76. The molecule has 1 aliphatic heterocycles. The van der Waals surface area contributed by atoms with Crippen LogP contribution in [0.25, 0.3) is 32.8 Å². The molecule has 1 unspecified atom stereocenters. The standard InChI is InChI=1S/C38H38N6O2S/c1-26-11-9-12-28(23-26)25-44-33-18-6-5-16-32(33)35-36(44)39-38(41-40-35)47-22-8-7-19-34(45)42-20-21-43(27(2)24-42)37(46)31-17-10-14-29-13-3-4-15-30(29)31/h3-6,9-18,23,27H,7-8,19-22,24-25H2,1-2H3. The van der Waals surface area contributed by atoms with Crippen LogP contribution in [-0.2, 0) is 11.3 Å². The topological polar surface area (TPSA) is 84.2 Å². The number of benzene rings is 4. The highest BCUT2D eigenvalue weighted by molar-refractivity contribution is 7.99. The third-order valence-electron chi connectivity index (χ3n) is 9.05. The Labute approximate surface area is 278 Å². The average molecular weight is 643 g/mol. The number of para-hydroxylation sites is 1. The van der Waals surface area contributed by atoms with Gasteiger partial charge in [-0.1, -0.05) is 96.2 Å². The molecule has 238 valence electrons. The molecule has 2 amide bonds. The first-order valence-corrected chi connectivity index (χ1v) is 17.3. The highest BCUT2D eigenvalue weighted by atomic mass is 32.2. The van der Waals surface area contributed by atoms with Gasteiger partial charge in [-0.05, 0) is 55.2 Å². The summed E-state index contributed by atoms with van der Waals surface area (Å²) in [7, 11) is 0. The Morgan fingerprint density at radius 2 is 1.66 bits per heavy atom. The van der Waals surface area contributed by atoms with Gasteiger partial charge in [0.25, 0.3) is 5.91 Å². The molecule has 1 fully saturated rings. The number of hydrogen-bond acceptors (Lipinski definition) is 6. The number of hydrogen-bond donors (Lipinski definition) is 0. The van der Waals surface area contributed by atoms with E-state index in [1.54, 1.807) is 11.8 Å². The van der Waals surface area contributed by atoms with E-state index in [9.17, 15) is 9.59 Å². The van der Waals surface area contributed by atoms with Gasteiger partial charge in [0, 0.05) is 55.3 Å². The van der Waals surface area contributed by atoms with Gasteiger partial charge in [-0.15, -0.1) is 10.2 Å². The summed E-state index contributed by atoms with van der Waals surface area (Å²) in [5, 5.41) is 12.8. The molecule has 1 saturated heterocycles. The smallest absolute Gasteiger partial charge is 0.254 e. The van der Waals surface area contributed by atoms with Crippen LogP contribution in [0.3, 0.4) is 0 Å². The number of unbranched alkanes of at least 4 members (excludes halogenated alkanes) is 1. The van der Waals surface area contributed by atoms with Crippen LogP contribution in [-0.4, -0.2) is 72.8 Å². The molecule has 0 saturated carbocycles. The lowest BCUT2D eigenvalue weighted by atomic mass is 10.0.